The molecule has 21 heavy (non-hydrogen) atoms. The summed E-state index contributed by atoms with van der Waals surface area (Å²) in [7, 11) is 3.17. The number of carbonyl (C=O) groups is 1. The molecule has 0 atom stereocenters. The van der Waals surface area contributed by atoms with Gasteiger partial charge in [0.15, 0.2) is 11.5 Å². The first-order valence-electron chi connectivity index (χ1n) is 6.77. The number of benzene rings is 1. The summed E-state index contributed by atoms with van der Waals surface area (Å²) in [6.07, 6.45) is 1.01. The summed E-state index contributed by atoms with van der Waals surface area (Å²) < 4.78 is 10.6. The average Bonchev–Trinajstić information content (AvgIpc) is 2.60. The van der Waals surface area contributed by atoms with Crippen molar-refractivity contribution in [3.63, 3.8) is 0 Å². The second kappa shape index (κ2) is 6.80. The predicted octanol–water partition coefficient (Wildman–Crippen LogP) is 2.44. The van der Waals surface area contributed by atoms with E-state index < -0.39 is 0 Å². The minimum Gasteiger partial charge on any atom is -0.493 e. The van der Waals surface area contributed by atoms with Crippen LogP contribution < -0.4 is 9.47 Å². The van der Waals surface area contributed by atoms with Crippen LogP contribution in [0.3, 0.4) is 0 Å². The van der Waals surface area contributed by atoms with Crippen LogP contribution in [0.25, 0.3) is 0 Å². The van der Waals surface area contributed by atoms with Gasteiger partial charge in [-0.2, -0.15) is 5.10 Å². The fourth-order valence-corrected chi connectivity index (χ4v) is 2.45. The van der Waals surface area contributed by atoms with Gasteiger partial charge in [0, 0.05) is 18.0 Å². The number of rotatable bonds is 5. The van der Waals surface area contributed by atoms with E-state index in [0.717, 1.165) is 16.8 Å². The zero-order valence-corrected chi connectivity index (χ0v) is 13.2. The smallest absolute Gasteiger partial charge is 0.247 e. The Balaban J connectivity index is 2.42. The number of hydrogen-bond acceptors (Lipinski definition) is 4. The molecule has 0 saturated carbocycles. The van der Waals surface area contributed by atoms with Crippen LogP contribution in [0, 0.1) is 0 Å². The largest absolute Gasteiger partial charge is 0.493 e. The molecule has 0 bridgehead atoms. The van der Waals surface area contributed by atoms with E-state index in [4.69, 9.17) is 21.1 Å². The Hall–Kier alpha value is -1.75. The molecule has 1 aromatic carbocycles. The van der Waals surface area contributed by atoms with Gasteiger partial charge >= 0.3 is 0 Å². The first-order valence-corrected chi connectivity index (χ1v) is 7.31. The van der Waals surface area contributed by atoms with Crippen molar-refractivity contribution in [3.05, 3.63) is 23.3 Å². The molecule has 0 saturated heterocycles. The summed E-state index contributed by atoms with van der Waals surface area (Å²) in [5, 5.41) is 5.91. The van der Waals surface area contributed by atoms with E-state index in [9.17, 15) is 4.79 Å². The molecule has 1 aliphatic heterocycles. The van der Waals surface area contributed by atoms with Gasteiger partial charge in [-0.05, 0) is 31.0 Å². The van der Waals surface area contributed by atoms with Crippen molar-refractivity contribution < 1.29 is 14.3 Å². The molecule has 0 aliphatic carbocycles. The van der Waals surface area contributed by atoms with E-state index in [2.05, 4.69) is 5.10 Å². The fraction of sp³-hybridized carbons (Fsp3) is 0.467. The minimum atomic E-state index is -0.0366. The molecule has 0 radical (unpaired) electrons. The topological polar surface area (TPSA) is 51.1 Å². The number of fused-ring (bicyclic) bond motifs is 1. The zero-order chi connectivity index (χ0) is 15.4. The van der Waals surface area contributed by atoms with Crippen molar-refractivity contribution in [2.75, 3.05) is 26.6 Å². The molecule has 6 heteroatoms. The number of nitrogens with zero attached hydrogens (tertiary/aromatic N) is 2. The number of methoxy groups -OCH3 is 2. The van der Waals surface area contributed by atoms with Gasteiger partial charge in [0.2, 0.25) is 5.91 Å². The average molecular weight is 311 g/mol. The molecule has 5 nitrogen and oxygen atoms in total. The number of alkyl halides is 1. The van der Waals surface area contributed by atoms with Crippen molar-refractivity contribution in [3.8, 4) is 11.5 Å². The molecule has 114 valence electrons. The third-order valence-electron chi connectivity index (χ3n) is 3.40. The van der Waals surface area contributed by atoms with Gasteiger partial charge in [-0.1, -0.05) is 0 Å². The minimum absolute atomic E-state index is 0.0366. The van der Waals surface area contributed by atoms with E-state index in [-0.39, 0.29) is 5.91 Å². The van der Waals surface area contributed by atoms with Gasteiger partial charge < -0.3 is 9.47 Å². The number of carbonyl (C=O) groups excluding carboxylic acids is 1. The Kier molecular flexibility index (Phi) is 5.07. The molecular weight excluding hydrogens is 292 g/mol. The van der Waals surface area contributed by atoms with Crippen molar-refractivity contribution in [1.29, 1.82) is 0 Å². The lowest BCUT2D eigenvalue weighted by atomic mass is 10.00. The van der Waals surface area contributed by atoms with Crippen molar-refractivity contribution in [2.45, 2.75) is 19.8 Å². The zero-order valence-electron chi connectivity index (χ0n) is 12.5. The van der Waals surface area contributed by atoms with E-state index in [1.54, 1.807) is 14.2 Å². The first kappa shape index (κ1) is 15.6. The van der Waals surface area contributed by atoms with E-state index in [1.165, 1.54) is 5.01 Å². The highest BCUT2D eigenvalue weighted by Gasteiger charge is 2.23. The second-order valence-corrected chi connectivity index (χ2v) is 5.16. The van der Waals surface area contributed by atoms with Crippen molar-refractivity contribution >= 4 is 23.2 Å². The number of halogens is 1. The SMILES string of the molecule is COc1cc2c(cc1OC)C(C)=NN(CCCCl)C(=O)C2. The van der Waals surface area contributed by atoms with Crippen LogP contribution >= 0.6 is 11.6 Å². The molecule has 1 heterocycles. The Morgan fingerprint density at radius 2 is 1.95 bits per heavy atom. The lowest BCUT2D eigenvalue weighted by molar-refractivity contribution is -0.130. The Labute approximate surface area is 129 Å². The van der Waals surface area contributed by atoms with Gasteiger partial charge in [0.1, 0.15) is 0 Å². The van der Waals surface area contributed by atoms with E-state index in [1.807, 2.05) is 19.1 Å². The maximum atomic E-state index is 12.3. The first-order chi connectivity index (χ1) is 10.1. The Bertz CT molecular complexity index is 572. The number of amides is 1. The van der Waals surface area contributed by atoms with Gasteiger partial charge in [-0.3, -0.25) is 4.79 Å². The normalized spacial score (nSPS) is 14.4. The molecule has 2 rings (SSSR count). The third-order valence-corrected chi connectivity index (χ3v) is 3.67. The van der Waals surface area contributed by atoms with Crippen LogP contribution in [0.1, 0.15) is 24.5 Å². The highest BCUT2D eigenvalue weighted by atomic mass is 35.5. The van der Waals surface area contributed by atoms with Crippen LogP contribution in [-0.4, -0.2) is 43.3 Å². The van der Waals surface area contributed by atoms with Crippen molar-refractivity contribution in [1.82, 2.24) is 5.01 Å². The molecule has 1 aromatic rings. The Morgan fingerprint density at radius 3 is 2.57 bits per heavy atom. The quantitative estimate of drug-likeness (QED) is 0.785. The molecule has 0 aromatic heterocycles. The maximum Gasteiger partial charge on any atom is 0.247 e. The predicted molar refractivity (Wildman–Crippen MR) is 82.5 cm³/mol. The molecule has 0 N–H and O–H groups in total. The highest BCUT2D eigenvalue weighted by molar-refractivity contribution is 6.17. The summed E-state index contributed by atoms with van der Waals surface area (Å²) in [5.41, 5.74) is 2.59. The summed E-state index contributed by atoms with van der Waals surface area (Å²) in [4.78, 5) is 12.3. The van der Waals surface area contributed by atoms with Crippen LogP contribution in [0.4, 0.5) is 0 Å². The summed E-state index contributed by atoms with van der Waals surface area (Å²) in [6, 6.07) is 3.71. The third kappa shape index (κ3) is 3.29. The fourth-order valence-electron chi connectivity index (χ4n) is 2.33. The second-order valence-electron chi connectivity index (χ2n) is 4.79. The van der Waals surface area contributed by atoms with Gasteiger partial charge in [-0.25, -0.2) is 5.01 Å². The molecule has 0 spiro atoms. The van der Waals surface area contributed by atoms with E-state index in [0.29, 0.717) is 36.8 Å². The van der Waals surface area contributed by atoms with Gasteiger partial charge in [0.05, 0.1) is 26.4 Å². The maximum absolute atomic E-state index is 12.3. The number of hydrogen-bond donors (Lipinski definition) is 0. The molecule has 0 fully saturated rings. The molecule has 1 aliphatic rings. The van der Waals surface area contributed by atoms with Crippen LogP contribution in [0.15, 0.2) is 17.2 Å². The summed E-state index contributed by atoms with van der Waals surface area (Å²) in [5.74, 6) is 1.72. The standard InChI is InChI=1S/C15H19ClN2O3/c1-10-12-9-14(21-3)13(20-2)7-11(12)8-15(19)18(17-10)6-4-5-16/h7,9H,4-6,8H2,1-3H3. The lowest BCUT2D eigenvalue weighted by Crippen LogP contribution is -2.28. The number of hydrazone groups is 1. The molecular formula is C15H19ClN2O3. The van der Waals surface area contributed by atoms with E-state index >= 15 is 0 Å². The molecule has 0 unspecified atom stereocenters. The Morgan fingerprint density at radius 1 is 1.29 bits per heavy atom. The summed E-state index contributed by atoms with van der Waals surface area (Å²) in [6.45, 7) is 2.42. The monoisotopic (exact) mass is 310 g/mol. The van der Waals surface area contributed by atoms with Crippen LogP contribution in [-0.2, 0) is 11.2 Å². The van der Waals surface area contributed by atoms with Crippen LogP contribution in [0.2, 0.25) is 0 Å². The summed E-state index contributed by atoms with van der Waals surface area (Å²) >= 11 is 5.69. The van der Waals surface area contributed by atoms with Crippen LogP contribution in [0.5, 0.6) is 11.5 Å². The van der Waals surface area contributed by atoms with Gasteiger partial charge in [0.25, 0.3) is 0 Å². The van der Waals surface area contributed by atoms with Crippen molar-refractivity contribution in [2.24, 2.45) is 5.10 Å². The lowest BCUT2D eigenvalue weighted by Gasteiger charge is -2.14. The highest BCUT2D eigenvalue weighted by Crippen LogP contribution is 2.32. The molecule has 1 amide bonds. The number of ether oxygens (including phenoxy) is 2. The van der Waals surface area contributed by atoms with Gasteiger partial charge in [-0.15, -0.1) is 11.6 Å².